The van der Waals surface area contributed by atoms with Gasteiger partial charge < -0.3 is 33.8 Å². The van der Waals surface area contributed by atoms with Crippen molar-refractivity contribution in [3.05, 3.63) is 134 Å². The third-order valence-corrected chi connectivity index (χ3v) is 19.0. The molecule has 3 N–H and O–H groups in total. The van der Waals surface area contributed by atoms with Crippen molar-refractivity contribution >= 4 is 39.5 Å². The van der Waals surface area contributed by atoms with E-state index in [1.807, 2.05) is 0 Å². The predicted octanol–water partition coefficient (Wildman–Crippen LogP) is 24.4. The second-order valence-electron chi connectivity index (χ2n) is 27.3. The standard InChI is InChI=1S/C87H148O17P2/c1-5-9-13-17-21-25-29-33-36-38-40-42-45-48-51-55-59-63-67-71-84(89)97-77-82(103-86(91)73-69-65-61-57-53-47-32-28-24-20-16-12-8-4)79-101-105(93,94)99-75-81(88)76-100-106(95,96)102-80-83(104-87(92)74-70-66-62-58-54-50-44-35-31-27-23-19-15-11-7-3)78-98-85(90)72-68-64-60-56-52-49-46-43-41-39-37-34-30-26-22-18-14-10-6-2/h9,13,16,20-22,25-26,28,32-37,40-44,48,51,81-83,88H,5-8,10-12,14-15,17-19,23-24,27,29-31,38-39,45-47,49-50,52-80H2,1-4H3,(H,93,94)(H,95,96)/b13-9-,20-16-,25-21-,26-22-,32-28-,36-33-,37-34-,42-40-,43-41-,44-35-,51-48-. The summed E-state index contributed by atoms with van der Waals surface area (Å²) in [5.41, 5.74) is 0. The van der Waals surface area contributed by atoms with Crippen LogP contribution in [0.2, 0.25) is 0 Å². The maximum absolute atomic E-state index is 13.1. The van der Waals surface area contributed by atoms with E-state index in [0.29, 0.717) is 25.7 Å². The molecule has 0 radical (unpaired) electrons. The summed E-state index contributed by atoms with van der Waals surface area (Å²) in [7, 11) is -9.98. The molecule has 17 nitrogen and oxygen atoms in total. The zero-order chi connectivity index (χ0) is 77.4. The first-order valence-corrected chi connectivity index (χ1v) is 44.4. The Bertz CT molecular complexity index is 2530. The summed E-state index contributed by atoms with van der Waals surface area (Å²) in [6.45, 7) is 4.61. The van der Waals surface area contributed by atoms with Crippen LogP contribution >= 0.6 is 15.6 Å². The molecule has 0 saturated carbocycles. The van der Waals surface area contributed by atoms with Gasteiger partial charge in [0.2, 0.25) is 0 Å². The first-order valence-electron chi connectivity index (χ1n) is 41.4. The highest BCUT2D eigenvalue weighted by molar-refractivity contribution is 7.47. The maximum atomic E-state index is 13.1. The third-order valence-electron chi connectivity index (χ3n) is 17.0. The highest BCUT2D eigenvalue weighted by Crippen LogP contribution is 2.45. The highest BCUT2D eigenvalue weighted by Gasteiger charge is 2.30. The number of phosphoric ester groups is 2. The molecule has 0 amide bonds. The minimum atomic E-state index is -4.99. The van der Waals surface area contributed by atoms with Crippen LogP contribution in [0, 0.1) is 0 Å². The molecule has 0 aliphatic carbocycles. The second-order valence-corrected chi connectivity index (χ2v) is 30.2. The quantitative estimate of drug-likeness (QED) is 0.0169. The predicted molar refractivity (Wildman–Crippen MR) is 436 cm³/mol. The Labute approximate surface area is 644 Å². The Morgan fingerprint density at radius 2 is 0.509 bits per heavy atom. The molecule has 0 aromatic heterocycles. The Kier molecular flexibility index (Phi) is 74.8. The lowest BCUT2D eigenvalue weighted by Crippen LogP contribution is -2.30. The van der Waals surface area contributed by atoms with Crippen molar-refractivity contribution in [3.8, 4) is 0 Å². The van der Waals surface area contributed by atoms with Gasteiger partial charge in [-0.05, 0) is 161 Å². The summed E-state index contributed by atoms with van der Waals surface area (Å²) in [6.07, 6.45) is 88.5. The second kappa shape index (κ2) is 78.3. The minimum absolute atomic E-state index is 0.0677. The monoisotopic (exact) mass is 1530 g/mol. The van der Waals surface area contributed by atoms with E-state index in [-0.39, 0.29) is 25.7 Å². The van der Waals surface area contributed by atoms with Crippen molar-refractivity contribution in [1.82, 2.24) is 0 Å². The number of unbranched alkanes of at least 4 members (excludes halogenated alkanes) is 29. The number of ether oxygens (including phenoxy) is 4. The fraction of sp³-hybridized carbons (Fsp3) is 0.701. The van der Waals surface area contributed by atoms with Gasteiger partial charge in [-0.25, -0.2) is 9.13 Å². The number of allylic oxidation sites excluding steroid dienone is 22. The molecule has 0 rings (SSSR count). The van der Waals surface area contributed by atoms with Crippen LogP contribution in [0.25, 0.3) is 0 Å². The van der Waals surface area contributed by atoms with Crippen molar-refractivity contribution in [1.29, 1.82) is 0 Å². The van der Waals surface area contributed by atoms with Crippen LogP contribution in [0.3, 0.4) is 0 Å². The molecule has 106 heavy (non-hydrogen) atoms. The van der Waals surface area contributed by atoms with Gasteiger partial charge in [0.15, 0.2) is 12.2 Å². The number of rotatable bonds is 77. The molecule has 5 atom stereocenters. The number of aliphatic hydroxyl groups is 1. The minimum Gasteiger partial charge on any atom is -0.462 e. The van der Waals surface area contributed by atoms with E-state index in [1.165, 1.54) is 57.8 Å². The summed E-state index contributed by atoms with van der Waals surface area (Å²) in [5, 5.41) is 10.7. The number of esters is 4. The molecule has 0 heterocycles. The average Bonchev–Trinajstić information content (AvgIpc) is 0.901. The zero-order valence-corrected chi connectivity index (χ0v) is 68.4. The molecule has 0 saturated heterocycles. The number of hydrogen-bond donors (Lipinski definition) is 3. The summed E-state index contributed by atoms with van der Waals surface area (Å²) in [5.74, 6) is -2.24. The van der Waals surface area contributed by atoms with Crippen molar-refractivity contribution in [2.45, 2.75) is 354 Å². The molecular formula is C87H148O17P2. The molecule has 19 heteroatoms. The zero-order valence-electron chi connectivity index (χ0n) is 66.6. The van der Waals surface area contributed by atoms with E-state index in [2.05, 4.69) is 161 Å². The first kappa shape index (κ1) is 101. The third kappa shape index (κ3) is 77.4. The lowest BCUT2D eigenvalue weighted by Gasteiger charge is -2.21. The van der Waals surface area contributed by atoms with E-state index in [0.717, 1.165) is 199 Å². The Morgan fingerprint density at radius 3 is 0.830 bits per heavy atom. The SMILES string of the molecule is CC/C=C\C/C=C\C/C=C\C/C=C\C/C=C\CCCCCC(=O)OCC(COP(=O)(O)OCC(O)COP(=O)(O)OCC(COC(=O)CCCCCCCC/C=C\C/C=C\C/C=C\CCCCC)OC(=O)CCCCCCC/C=C\CCCCCCCC)OC(=O)CCCCCCC/C=C\C/C=C\CCC. The van der Waals surface area contributed by atoms with Crippen molar-refractivity contribution in [2.24, 2.45) is 0 Å². The first-order chi connectivity index (χ1) is 51.7. The number of carbonyl (C=O) groups excluding carboxylic acids is 4. The smallest absolute Gasteiger partial charge is 0.462 e. The van der Waals surface area contributed by atoms with E-state index in [4.69, 9.17) is 37.0 Å². The maximum Gasteiger partial charge on any atom is 0.472 e. The average molecular weight is 1530 g/mol. The normalized spacial score (nSPS) is 14.5. The van der Waals surface area contributed by atoms with Crippen LogP contribution in [0.15, 0.2) is 134 Å². The molecular weight excluding hydrogens is 1380 g/mol. The summed E-state index contributed by atoms with van der Waals surface area (Å²) < 4.78 is 68.7. The van der Waals surface area contributed by atoms with Crippen molar-refractivity contribution in [2.75, 3.05) is 39.6 Å². The molecule has 0 spiro atoms. The molecule has 0 aliphatic heterocycles. The Hall–Kier alpha value is -4.80. The van der Waals surface area contributed by atoms with Gasteiger partial charge in [0, 0.05) is 25.7 Å². The van der Waals surface area contributed by atoms with Crippen LogP contribution in [0.1, 0.15) is 336 Å². The van der Waals surface area contributed by atoms with Gasteiger partial charge in [0.05, 0.1) is 26.4 Å². The molecule has 0 aromatic rings. The number of phosphoric acid groups is 2. The summed E-state index contributed by atoms with van der Waals surface area (Å²) >= 11 is 0. The van der Waals surface area contributed by atoms with Gasteiger partial charge >= 0.3 is 39.5 Å². The fourth-order valence-electron chi connectivity index (χ4n) is 10.8. The van der Waals surface area contributed by atoms with Crippen LogP contribution < -0.4 is 0 Å². The molecule has 608 valence electrons. The highest BCUT2D eigenvalue weighted by atomic mass is 31.2. The number of carbonyl (C=O) groups is 4. The van der Waals surface area contributed by atoms with Crippen molar-refractivity contribution in [3.63, 3.8) is 0 Å². The Morgan fingerprint density at radius 1 is 0.274 bits per heavy atom. The van der Waals surface area contributed by atoms with Crippen LogP contribution in [-0.4, -0.2) is 96.7 Å². The van der Waals surface area contributed by atoms with Crippen LogP contribution in [0.4, 0.5) is 0 Å². The van der Waals surface area contributed by atoms with Crippen LogP contribution in [-0.2, 0) is 65.4 Å². The van der Waals surface area contributed by atoms with Gasteiger partial charge in [0.25, 0.3) is 0 Å². The van der Waals surface area contributed by atoms with Crippen molar-refractivity contribution < 1.29 is 80.2 Å². The number of aliphatic hydroxyl groups excluding tert-OH is 1. The Balaban J connectivity index is 5.40. The van der Waals surface area contributed by atoms with E-state index < -0.39 is 97.5 Å². The summed E-state index contributed by atoms with van der Waals surface area (Å²) in [4.78, 5) is 73.1. The lowest BCUT2D eigenvalue weighted by atomic mass is 10.1. The molecule has 5 unspecified atom stereocenters. The van der Waals surface area contributed by atoms with Gasteiger partial charge in [-0.15, -0.1) is 0 Å². The van der Waals surface area contributed by atoms with Gasteiger partial charge in [-0.1, -0.05) is 283 Å². The largest absolute Gasteiger partial charge is 0.472 e. The summed E-state index contributed by atoms with van der Waals surface area (Å²) in [6, 6.07) is 0. The lowest BCUT2D eigenvalue weighted by molar-refractivity contribution is -0.161. The molecule has 0 bridgehead atoms. The van der Waals surface area contributed by atoms with E-state index >= 15 is 0 Å². The van der Waals surface area contributed by atoms with E-state index in [9.17, 15) is 43.2 Å². The van der Waals surface area contributed by atoms with E-state index in [1.54, 1.807) is 0 Å². The van der Waals surface area contributed by atoms with Gasteiger partial charge in [-0.3, -0.25) is 37.3 Å². The van der Waals surface area contributed by atoms with Gasteiger partial charge in [0.1, 0.15) is 19.3 Å². The number of hydrogen-bond acceptors (Lipinski definition) is 15. The topological polar surface area (TPSA) is 237 Å². The molecule has 0 aliphatic rings. The molecule has 0 fully saturated rings. The molecule has 0 aromatic carbocycles. The van der Waals surface area contributed by atoms with Crippen LogP contribution in [0.5, 0.6) is 0 Å². The van der Waals surface area contributed by atoms with Gasteiger partial charge in [-0.2, -0.15) is 0 Å². The fourth-order valence-corrected chi connectivity index (χ4v) is 12.3.